The number of hydrogen-bond donors (Lipinski definition) is 1. The number of rotatable bonds is 3. The smallest absolute Gasteiger partial charge is 0.143 e. The van der Waals surface area contributed by atoms with E-state index in [0.29, 0.717) is 0 Å². The number of halogens is 1. The van der Waals surface area contributed by atoms with E-state index in [4.69, 9.17) is 4.98 Å². The number of fused-ring (bicyclic) bond motifs is 1. The minimum atomic E-state index is -0.239. The fourth-order valence-electron chi connectivity index (χ4n) is 3.27. The van der Waals surface area contributed by atoms with Crippen LogP contribution in [0.4, 0.5) is 15.9 Å². The predicted molar refractivity (Wildman–Crippen MR) is 111 cm³/mol. The Morgan fingerprint density at radius 2 is 1.67 bits per heavy atom. The Hall–Kier alpha value is -2.79. The molecule has 0 aliphatic rings. The van der Waals surface area contributed by atoms with Gasteiger partial charge in [0.15, 0.2) is 0 Å². The van der Waals surface area contributed by atoms with Gasteiger partial charge in [0, 0.05) is 16.1 Å². The van der Waals surface area contributed by atoms with E-state index in [0.717, 1.165) is 49.1 Å². The summed E-state index contributed by atoms with van der Waals surface area (Å²) in [6.45, 7) is 8.12. The SMILES string of the molecule is Cc1ccc(C)c(Nc2nc(C)nc3sc(C)c(-c4ccc(F)cc4)c23)c1. The lowest BCUT2D eigenvalue weighted by atomic mass is 10.0. The van der Waals surface area contributed by atoms with Gasteiger partial charge < -0.3 is 5.32 Å². The molecule has 0 spiro atoms. The van der Waals surface area contributed by atoms with Crippen molar-refractivity contribution in [3.63, 3.8) is 0 Å². The first-order chi connectivity index (χ1) is 12.9. The van der Waals surface area contributed by atoms with Gasteiger partial charge in [0.1, 0.15) is 22.3 Å². The quantitative estimate of drug-likeness (QED) is 0.444. The number of nitrogens with one attached hydrogen (secondary N) is 1. The van der Waals surface area contributed by atoms with Crippen molar-refractivity contribution in [3.05, 3.63) is 70.1 Å². The molecule has 0 bridgehead atoms. The molecule has 0 aliphatic heterocycles. The van der Waals surface area contributed by atoms with Crippen molar-refractivity contribution >= 4 is 33.1 Å². The molecule has 2 heterocycles. The number of aromatic nitrogens is 2. The minimum absolute atomic E-state index is 0.239. The molecule has 0 saturated heterocycles. The normalized spacial score (nSPS) is 11.1. The number of nitrogens with zero attached hydrogens (tertiary/aromatic N) is 2. The van der Waals surface area contributed by atoms with Crippen molar-refractivity contribution in [1.82, 2.24) is 9.97 Å². The summed E-state index contributed by atoms with van der Waals surface area (Å²) in [4.78, 5) is 11.4. The summed E-state index contributed by atoms with van der Waals surface area (Å²) in [5.74, 6) is 1.27. The number of hydrogen-bond acceptors (Lipinski definition) is 4. The number of benzene rings is 2. The Labute approximate surface area is 161 Å². The van der Waals surface area contributed by atoms with Crippen molar-refractivity contribution in [2.45, 2.75) is 27.7 Å². The molecule has 0 fully saturated rings. The summed E-state index contributed by atoms with van der Waals surface area (Å²) in [6, 6.07) is 12.9. The van der Waals surface area contributed by atoms with E-state index < -0.39 is 0 Å². The van der Waals surface area contributed by atoms with Crippen LogP contribution in [-0.4, -0.2) is 9.97 Å². The first-order valence-corrected chi connectivity index (χ1v) is 9.62. The highest BCUT2D eigenvalue weighted by Crippen LogP contribution is 2.41. The molecule has 136 valence electrons. The maximum absolute atomic E-state index is 13.4. The van der Waals surface area contributed by atoms with E-state index in [9.17, 15) is 4.39 Å². The van der Waals surface area contributed by atoms with Crippen molar-refractivity contribution in [2.24, 2.45) is 0 Å². The molecule has 2 aromatic carbocycles. The zero-order valence-electron chi connectivity index (χ0n) is 15.7. The average Bonchev–Trinajstić information content (AvgIpc) is 2.94. The van der Waals surface area contributed by atoms with Crippen molar-refractivity contribution in [2.75, 3.05) is 5.32 Å². The molecule has 4 rings (SSSR count). The van der Waals surface area contributed by atoms with E-state index in [-0.39, 0.29) is 5.82 Å². The van der Waals surface area contributed by atoms with Crippen molar-refractivity contribution < 1.29 is 4.39 Å². The molecule has 0 atom stereocenters. The van der Waals surface area contributed by atoms with Gasteiger partial charge in [-0.1, -0.05) is 24.3 Å². The molecular formula is C22H20FN3S. The molecule has 1 N–H and O–H groups in total. The zero-order valence-corrected chi connectivity index (χ0v) is 16.5. The summed E-state index contributed by atoms with van der Waals surface area (Å²) >= 11 is 1.64. The van der Waals surface area contributed by atoms with E-state index in [1.54, 1.807) is 11.3 Å². The lowest BCUT2D eigenvalue weighted by Gasteiger charge is -2.13. The van der Waals surface area contributed by atoms with E-state index in [1.807, 2.05) is 19.1 Å². The maximum atomic E-state index is 13.4. The highest BCUT2D eigenvalue weighted by molar-refractivity contribution is 7.19. The first kappa shape index (κ1) is 17.6. The van der Waals surface area contributed by atoms with Gasteiger partial charge >= 0.3 is 0 Å². The topological polar surface area (TPSA) is 37.8 Å². The van der Waals surface area contributed by atoms with E-state index >= 15 is 0 Å². The van der Waals surface area contributed by atoms with Gasteiger partial charge in [-0.2, -0.15) is 0 Å². The van der Waals surface area contributed by atoms with Crippen LogP contribution in [0.15, 0.2) is 42.5 Å². The van der Waals surface area contributed by atoms with Gasteiger partial charge in [0.2, 0.25) is 0 Å². The standard InChI is InChI=1S/C22H20FN3S/c1-12-5-6-13(2)18(11-12)26-21-20-19(16-7-9-17(23)10-8-16)14(3)27-22(20)25-15(4)24-21/h5-11H,1-4H3,(H,24,25,26). The second-order valence-corrected chi connectivity index (χ2v) is 7.99. The van der Waals surface area contributed by atoms with Gasteiger partial charge in [0.05, 0.1) is 5.39 Å². The third-order valence-corrected chi connectivity index (χ3v) is 5.62. The van der Waals surface area contributed by atoms with E-state index in [1.165, 1.54) is 17.7 Å². The van der Waals surface area contributed by atoms with Gasteiger partial charge in [-0.05, 0) is 62.6 Å². The molecule has 27 heavy (non-hydrogen) atoms. The van der Waals surface area contributed by atoms with Crippen LogP contribution in [-0.2, 0) is 0 Å². The first-order valence-electron chi connectivity index (χ1n) is 8.80. The molecule has 0 radical (unpaired) electrons. The van der Waals surface area contributed by atoms with Crippen LogP contribution >= 0.6 is 11.3 Å². The molecule has 2 aromatic heterocycles. The molecule has 5 heteroatoms. The predicted octanol–water partition coefficient (Wildman–Crippen LogP) is 6.47. The molecule has 0 aliphatic carbocycles. The molecule has 0 amide bonds. The van der Waals surface area contributed by atoms with Crippen molar-refractivity contribution in [1.29, 1.82) is 0 Å². The fraction of sp³-hybridized carbons (Fsp3) is 0.182. The Kier molecular flexibility index (Phi) is 4.40. The molecule has 3 nitrogen and oxygen atoms in total. The lowest BCUT2D eigenvalue weighted by Crippen LogP contribution is -2.00. The number of aryl methyl sites for hydroxylation is 4. The molecule has 0 saturated carbocycles. The second-order valence-electron chi connectivity index (χ2n) is 6.78. The average molecular weight is 377 g/mol. The van der Waals surface area contributed by atoms with Crippen LogP contribution < -0.4 is 5.32 Å². The largest absolute Gasteiger partial charge is 0.339 e. The van der Waals surface area contributed by atoms with Crippen LogP contribution in [0, 0.1) is 33.5 Å². The third kappa shape index (κ3) is 3.30. The summed E-state index contributed by atoms with van der Waals surface area (Å²) in [7, 11) is 0. The fourth-order valence-corrected chi connectivity index (χ4v) is 4.36. The van der Waals surface area contributed by atoms with Gasteiger partial charge in [-0.25, -0.2) is 14.4 Å². The Morgan fingerprint density at radius 1 is 0.926 bits per heavy atom. The summed E-state index contributed by atoms with van der Waals surface area (Å²) in [5, 5.41) is 4.50. The molecule has 0 unspecified atom stereocenters. The molecular weight excluding hydrogens is 357 g/mol. The molecule has 4 aromatic rings. The monoisotopic (exact) mass is 377 g/mol. The highest BCUT2D eigenvalue weighted by atomic mass is 32.1. The van der Waals surface area contributed by atoms with Gasteiger partial charge in [0.25, 0.3) is 0 Å². The summed E-state index contributed by atoms with van der Waals surface area (Å²) in [5.41, 5.74) is 5.40. The highest BCUT2D eigenvalue weighted by Gasteiger charge is 2.18. The summed E-state index contributed by atoms with van der Waals surface area (Å²) < 4.78 is 13.4. The van der Waals surface area contributed by atoms with Gasteiger partial charge in [-0.15, -0.1) is 11.3 Å². The summed E-state index contributed by atoms with van der Waals surface area (Å²) in [6.07, 6.45) is 0. The zero-order chi connectivity index (χ0) is 19.1. The van der Waals surface area contributed by atoms with Gasteiger partial charge in [-0.3, -0.25) is 0 Å². The van der Waals surface area contributed by atoms with Crippen LogP contribution in [0.25, 0.3) is 21.3 Å². The van der Waals surface area contributed by atoms with E-state index in [2.05, 4.69) is 49.3 Å². The van der Waals surface area contributed by atoms with Crippen molar-refractivity contribution in [3.8, 4) is 11.1 Å². The lowest BCUT2D eigenvalue weighted by molar-refractivity contribution is 0.628. The second kappa shape index (κ2) is 6.74. The Bertz CT molecular complexity index is 1150. The van der Waals surface area contributed by atoms with Crippen LogP contribution in [0.1, 0.15) is 21.8 Å². The number of thiophene rings is 1. The Balaban J connectivity index is 1.94. The van der Waals surface area contributed by atoms with Crippen LogP contribution in [0.3, 0.4) is 0 Å². The maximum Gasteiger partial charge on any atom is 0.143 e. The third-order valence-electron chi connectivity index (χ3n) is 4.62. The van der Waals surface area contributed by atoms with Crippen LogP contribution in [0.5, 0.6) is 0 Å². The Morgan fingerprint density at radius 3 is 2.41 bits per heavy atom. The minimum Gasteiger partial charge on any atom is -0.339 e. The number of anilines is 2. The van der Waals surface area contributed by atoms with Crippen LogP contribution in [0.2, 0.25) is 0 Å².